The second-order valence-electron chi connectivity index (χ2n) is 7.00. The van der Waals surface area contributed by atoms with E-state index in [0.29, 0.717) is 13.0 Å². The number of nitrogens with zero attached hydrogens (tertiary/aromatic N) is 3. The highest BCUT2D eigenvalue weighted by Gasteiger charge is 2.29. The zero-order chi connectivity index (χ0) is 18.1. The molecule has 3 aliphatic rings. The van der Waals surface area contributed by atoms with Gasteiger partial charge in [-0.05, 0) is 23.3 Å². The summed E-state index contributed by atoms with van der Waals surface area (Å²) >= 11 is 0. The first kappa shape index (κ1) is 17.0. The third kappa shape index (κ3) is 3.42. The summed E-state index contributed by atoms with van der Waals surface area (Å²) in [7, 11) is 1.77. The molecular formula is C18H23N5O3. The number of ether oxygens (including phenoxy) is 1. The molecule has 1 aromatic rings. The normalized spacial score (nSPS) is 23.8. The van der Waals surface area contributed by atoms with Crippen molar-refractivity contribution in [2.75, 3.05) is 45.2 Å². The second kappa shape index (κ2) is 7.05. The Kier molecular flexibility index (Phi) is 4.60. The zero-order valence-corrected chi connectivity index (χ0v) is 14.8. The summed E-state index contributed by atoms with van der Waals surface area (Å²) in [6.45, 7) is 4.58. The maximum atomic E-state index is 11.9. The molecular weight excluding hydrogens is 334 g/mol. The molecule has 4 rings (SSSR count). The molecule has 26 heavy (non-hydrogen) atoms. The summed E-state index contributed by atoms with van der Waals surface area (Å²) < 4.78 is 5.41. The Bertz CT molecular complexity index is 757. The molecule has 1 saturated heterocycles. The smallest absolute Gasteiger partial charge is 0.321 e. The van der Waals surface area contributed by atoms with Crippen molar-refractivity contribution in [3.8, 4) is 0 Å². The van der Waals surface area contributed by atoms with Gasteiger partial charge in [-0.15, -0.1) is 0 Å². The highest BCUT2D eigenvalue weighted by Crippen LogP contribution is 2.26. The molecule has 0 aromatic heterocycles. The van der Waals surface area contributed by atoms with Gasteiger partial charge in [0, 0.05) is 51.3 Å². The molecule has 0 bridgehead atoms. The van der Waals surface area contributed by atoms with E-state index in [1.54, 1.807) is 11.9 Å². The first-order valence-electron chi connectivity index (χ1n) is 8.92. The van der Waals surface area contributed by atoms with Crippen LogP contribution in [0.5, 0.6) is 0 Å². The molecule has 3 heterocycles. The number of hydrogen-bond acceptors (Lipinski definition) is 5. The van der Waals surface area contributed by atoms with Crippen LogP contribution in [0.3, 0.4) is 0 Å². The molecule has 0 aliphatic carbocycles. The minimum absolute atomic E-state index is 0.0445. The van der Waals surface area contributed by atoms with Crippen molar-refractivity contribution >= 4 is 23.3 Å². The molecule has 2 N–H and O–H groups in total. The predicted molar refractivity (Wildman–Crippen MR) is 97.0 cm³/mol. The van der Waals surface area contributed by atoms with E-state index in [9.17, 15) is 9.59 Å². The molecule has 1 fully saturated rings. The number of anilines is 1. The Morgan fingerprint density at radius 2 is 2.08 bits per heavy atom. The van der Waals surface area contributed by atoms with Crippen molar-refractivity contribution < 1.29 is 14.3 Å². The van der Waals surface area contributed by atoms with Crippen LogP contribution in [0.4, 0.5) is 10.5 Å². The first-order valence-corrected chi connectivity index (χ1v) is 8.92. The first-order chi connectivity index (χ1) is 12.6. The number of morpholine rings is 1. The van der Waals surface area contributed by atoms with E-state index in [1.165, 1.54) is 0 Å². The Morgan fingerprint density at radius 1 is 1.27 bits per heavy atom. The lowest BCUT2D eigenvalue weighted by Crippen LogP contribution is -2.44. The van der Waals surface area contributed by atoms with Crippen LogP contribution in [-0.4, -0.2) is 67.3 Å². The quantitative estimate of drug-likeness (QED) is 0.839. The number of hydrazone groups is 1. The van der Waals surface area contributed by atoms with Gasteiger partial charge in [0.1, 0.15) is 0 Å². The minimum atomic E-state index is -0.0993. The molecule has 8 nitrogen and oxygen atoms in total. The fraction of sp³-hybridized carbons (Fsp3) is 0.500. The van der Waals surface area contributed by atoms with Crippen LogP contribution >= 0.6 is 0 Å². The number of rotatable bonds is 3. The maximum Gasteiger partial charge on any atom is 0.321 e. The van der Waals surface area contributed by atoms with Gasteiger partial charge in [0.15, 0.2) is 0 Å². The van der Waals surface area contributed by atoms with Crippen LogP contribution in [0, 0.1) is 5.92 Å². The highest BCUT2D eigenvalue weighted by atomic mass is 16.5. The van der Waals surface area contributed by atoms with Crippen LogP contribution in [0.15, 0.2) is 23.3 Å². The monoisotopic (exact) mass is 357 g/mol. The summed E-state index contributed by atoms with van der Waals surface area (Å²) in [5, 5.41) is 7.25. The summed E-state index contributed by atoms with van der Waals surface area (Å²) in [5.41, 5.74) is 6.40. The molecule has 8 heteroatoms. The third-order valence-corrected chi connectivity index (χ3v) is 5.10. The Labute approximate surface area is 152 Å². The van der Waals surface area contributed by atoms with E-state index in [2.05, 4.69) is 26.8 Å². The van der Waals surface area contributed by atoms with Crippen LogP contribution in [0.2, 0.25) is 0 Å². The largest absolute Gasteiger partial charge is 0.379 e. The number of nitrogens with one attached hydrogen (secondary N) is 2. The lowest BCUT2D eigenvalue weighted by molar-refractivity contribution is -0.122. The van der Waals surface area contributed by atoms with Crippen molar-refractivity contribution in [3.63, 3.8) is 0 Å². The van der Waals surface area contributed by atoms with E-state index in [1.807, 2.05) is 12.1 Å². The number of benzene rings is 1. The maximum absolute atomic E-state index is 11.9. The fourth-order valence-electron chi connectivity index (χ4n) is 3.67. The zero-order valence-electron chi connectivity index (χ0n) is 14.8. The predicted octanol–water partition coefficient (Wildman–Crippen LogP) is 0.836. The lowest BCUT2D eigenvalue weighted by atomic mass is 9.90. The molecule has 0 radical (unpaired) electrons. The summed E-state index contributed by atoms with van der Waals surface area (Å²) in [4.78, 5) is 27.6. The fourth-order valence-corrected chi connectivity index (χ4v) is 3.67. The highest BCUT2D eigenvalue weighted by molar-refractivity contribution is 6.06. The molecule has 1 atom stereocenters. The molecule has 138 valence electrons. The Balaban J connectivity index is 1.58. The molecule has 1 aromatic carbocycles. The van der Waals surface area contributed by atoms with E-state index in [-0.39, 0.29) is 17.9 Å². The van der Waals surface area contributed by atoms with Gasteiger partial charge in [-0.2, -0.15) is 5.10 Å². The Morgan fingerprint density at radius 3 is 2.88 bits per heavy atom. The van der Waals surface area contributed by atoms with Crippen molar-refractivity contribution in [1.82, 2.24) is 15.2 Å². The van der Waals surface area contributed by atoms with Crippen LogP contribution < -0.4 is 10.7 Å². The number of hydrogen-bond donors (Lipinski definition) is 2. The summed E-state index contributed by atoms with van der Waals surface area (Å²) in [6, 6.07) is 5.85. The number of urea groups is 1. The van der Waals surface area contributed by atoms with E-state index < -0.39 is 0 Å². The topological polar surface area (TPSA) is 86.3 Å². The van der Waals surface area contributed by atoms with Crippen LogP contribution in [0.1, 0.15) is 17.5 Å². The average molecular weight is 357 g/mol. The number of amides is 3. The summed E-state index contributed by atoms with van der Waals surface area (Å²) in [6.07, 6.45) is 0.434. The average Bonchev–Trinajstić information content (AvgIpc) is 2.63. The van der Waals surface area contributed by atoms with E-state index in [0.717, 1.165) is 55.4 Å². The molecule has 0 spiro atoms. The second-order valence-corrected chi connectivity index (χ2v) is 7.00. The molecule has 1 unspecified atom stereocenters. The standard InChI is InChI=1S/C18H23N5O3/c1-22-10-13-8-12(2-3-15(13)19-18(22)25)17-14(9-16(24)20-21-17)11-23-4-6-26-7-5-23/h2-3,8,14H,4-7,9-11H2,1H3,(H,19,25)(H,20,24). The number of carbonyl (C=O) groups excluding carboxylic acids is 2. The van der Waals surface area contributed by atoms with Crippen LogP contribution in [-0.2, 0) is 16.1 Å². The van der Waals surface area contributed by atoms with Crippen LogP contribution in [0.25, 0.3) is 0 Å². The molecule has 3 amide bonds. The minimum Gasteiger partial charge on any atom is -0.379 e. The van der Waals surface area contributed by atoms with E-state index >= 15 is 0 Å². The van der Waals surface area contributed by atoms with Crippen molar-refractivity contribution in [1.29, 1.82) is 0 Å². The molecule has 0 saturated carbocycles. The third-order valence-electron chi connectivity index (χ3n) is 5.10. The lowest BCUT2D eigenvalue weighted by Gasteiger charge is -2.32. The number of carbonyl (C=O) groups is 2. The Hall–Kier alpha value is -2.45. The van der Waals surface area contributed by atoms with Gasteiger partial charge < -0.3 is 15.0 Å². The van der Waals surface area contributed by atoms with E-state index in [4.69, 9.17) is 4.74 Å². The van der Waals surface area contributed by atoms with Crippen molar-refractivity contribution in [3.05, 3.63) is 29.3 Å². The van der Waals surface area contributed by atoms with Gasteiger partial charge in [0.25, 0.3) is 0 Å². The SMILES string of the molecule is CN1Cc2cc(C3=NNC(=O)CC3CN3CCOCC3)ccc2NC1=O. The number of fused-ring (bicyclic) bond motifs is 1. The van der Waals surface area contributed by atoms with Gasteiger partial charge in [0.2, 0.25) is 5.91 Å². The molecule has 3 aliphatic heterocycles. The van der Waals surface area contributed by atoms with Gasteiger partial charge in [-0.25, -0.2) is 10.2 Å². The van der Waals surface area contributed by atoms with Gasteiger partial charge in [0.05, 0.1) is 18.9 Å². The van der Waals surface area contributed by atoms with Gasteiger partial charge in [-0.3, -0.25) is 9.69 Å². The van der Waals surface area contributed by atoms with Gasteiger partial charge >= 0.3 is 6.03 Å². The van der Waals surface area contributed by atoms with Crippen molar-refractivity contribution in [2.45, 2.75) is 13.0 Å². The van der Waals surface area contributed by atoms with Crippen molar-refractivity contribution in [2.24, 2.45) is 11.0 Å². The summed E-state index contributed by atoms with van der Waals surface area (Å²) in [5.74, 6) is 0.00720. The van der Waals surface area contributed by atoms with Gasteiger partial charge in [-0.1, -0.05) is 6.07 Å².